The SMILES string of the molecule is CCOC(=O)C(CCc1cc(Cl)c(Cl)c(OC)c1)(C(=O)OCC)C1CCCC1. The molecule has 0 N–H and O–H groups in total. The minimum atomic E-state index is -1.30. The van der Waals surface area contributed by atoms with Crippen molar-refractivity contribution in [3.8, 4) is 5.75 Å². The first kappa shape index (κ1) is 22.8. The van der Waals surface area contributed by atoms with E-state index < -0.39 is 17.4 Å². The maximum Gasteiger partial charge on any atom is 0.323 e. The average Bonchev–Trinajstić information content (AvgIpc) is 3.20. The predicted octanol–water partition coefficient (Wildman–Crippen LogP) is 5.24. The number of hydrogen-bond donors (Lipinski definition) is 0. The van der Waals surface area contributed by atoms with E-state index in [1.54, 1.807) is 26.0 Å². The maximum absolute atomic E-state index is 13.0. The number of carbonyl (C=O) groups excluding carboxylic acids is 2. The summed E-state index contributed by atoms with van der Waals surface area (Å²) in [4.78, 5) is 26.1. The van der Waals surface area contributed by atoms with Crippen molar-refractivity contribution < 1.29 is 23.8 Å². The van der Waals surface area contributed by atoms with Crippen molar-refractivity contribution in [1.29, 1.82) is 0 Å². The van der Waals surface area contributed by atoms with Crippen LogP contribution in [0.1, 0.15) is 51.5 Å². The van der Waals surface area contributed by atoms with Crippen molar-refractivity contribution in [2.75, 3.05) is 20.3 Å². The zero-order valence-electron chi connectivity index (χ0n) is 16.7. The van der Waals surface area contributed by atoms with Gasteiger partial charge in [0.2, 0.25) is 0 Å². The molecule has 156 valence electrons. The molecular formula is C21H28Cl2O5. The fourth-order valence-corrected chi connectivity index (χ4v) is 4.43. The van der Waals surface area contributed by atoms with E-state index in [2.05, 4.69) is 0 Å². The Morgan fingerprint density at radius 1 is 1.07 bits per heavy atom. The molecule has 5 nitrogen and oxygen atoms in total. The second-order valence-corrected chi connectivity index (χ2v) is 7.77. The van der Waals surface area contributed by atoms with Gasteiger partial charge < -0.3 is 14.2 Å². The van der Waals surface area contributed by atoms with Crippen LogP contribution in [0, 0.1) is 11.3 Å². The molecule has 0 heterocycles. The van der Waals surface area contributed by atoms with Gasteiger partial charge in [-0.15, -0.1) is 0 Å². The van der Waals surface area contributed by atoms with Crippen LogP contribution in [-0.4, -0.2) is 32.3 Å². The van der Waals surface area contributed by atoms with Gasteiger partial charge in [-0.2, -0.15) is 0 Å². The van der Waals surface area contributed by atoms with E-state index in [4.69, 9.17) is 37.4 Å². The minimum Gasteiger partial charge on any atom is -0.495 e. The lowest BCUT2D eigenvalue weighted by Crippen LogP contribution is -2.47. The van der Waals surface area contributed by atoms with Gasteiger partial charge in [0.1, 0.15) is 10.8 Å². The Labute approximate surface area is 176 Å². The van der Waals surface area contributed by atoms with E-state index in [1.807, 2.05) is 0 Å². The normalized spacial score (nSPS) is 14.8. The van der Waals surface area contributed by atoms with Gasteiger partial charge in [0.05, 0.1) is 25.3 Å². The van der Waals surface area contributed by atoms with Crippen molar-refractivity contribution >= 4 is 35.1 Å². The van der Waals surface area contributed by atoms with Crippen LogP contribution in [0.3, 0.4) is 0 Å². The van der Waals surface area contributed by atoms with E-state index in [9.17, 15) is 9.59 Å². The fraction of sp³-hybridized carbons (Fsp3) is 0.619. The van der Waals surface area contributed by atoms with Crippen LogP contribution in [0.2, 0.25) is 10.0 Å². The molecule has 0 atom stereocenters. The minimum absolute atomic E-state index is 0.0877. The topological polar surface area (TPSA) is 61.8 Å². The zero-order chi connectivity index (χ0) is 20.7. The van der Waals surface area contributed by atoms with Gasteiger partial charge in [-0.25, -0.2) is 0 Å². The number of rotatable bonds is 9. The molecule has 1 aromatic carbocycles. The summed E-state index contributed by atoms with van der Waals surface area (Å²) in [7, 11) is 1.52. The van der Waals surface area contributed by atoms with Gasteiger partial charge in [0, 0.05) is 0 Å². The first-order chi connectivity index (χ1) is 13.4. The second kappa shape index (κ2) is 10.4. The van der Waals surface area contributed by atoms with Crippen molar-refractivity contribution in [3.63, 3.8) is 0 Å². The van der Waals surface area contributed by atoms with Crippen LogP contribution in [0.25, 0.3) is 0 Å². The molecule has 1 fully saturated rings. The molecule has 2 rings (SSSR count). The number of esters is 2. The van der Waals surface area contributed by atoms with Gasteiger partial charge in [0.15, 0.2) is 5.41 Å². The summed E-state index contributed by atoms with van der Waals surface area (Å²) >= 11 is 12.3. The molecule has 1 aliphatic rings. The van der Waals surface area contributed by atoms with Crippen molar-refractivity contribution in [1.82, 2.24) is 0 Å². The van der Waals surface area contributed by atoms with Crippen LogP contribution >= 0.6 is 23.2 Å². The summed E-state index contributed by atoms with van der Waals surface area (Å²) in [5.74, 6) is -0.613. The summed E-state index contributed by atoms with van der Waals surface area (Å²) < 4.78 is 16.0. The molecule has 0 radical (unpaired) electrons. The number of methoxy groups -OCH3 is 1. The lowest BCUT2D eigenvalue weighted by atomic mass is 9.70. The van der Waals surface area contributed by atoms with Crippen LogP contribution in [0.5, 0.6) is 5.75 Å². The number of halogens is 2. The monoisotopic (exact) mass is 430 g/mol. The molecule has 0 bridgehead atoms. The smallest absolute Gasteiger partial charge is 0.323 e. The number of aryl methyl sites for hydroxylation is 1. The lowest BCUT2D eigenvalue weighted by molar-refractivity contribution is -0.177. The highest BCUT2D eigenvalue weighted by Gasteiger charge is 2.54. The fourth-order valence-electron chi connectivity index (χ4n) is 4.01. The Kier molecular flexibility index (Phi) is 8.44. The van der Waals surface area contributed by atoms with Gasteiger partial charge in [0.25, 0.3) is 0 Å². The third kappa shape index (κ3) is 4.74. The number of ether oxygens (including phenoxy) is 3. The molecule has 1 aromatic rings. The maximum atomic E-state index is 13.0. The molecular weight excluding hydrogens is 403 g/mol. The summed E-state index contributed by atoms with van der Waals surface area (Å²) in [6.07, 6.45) is 4.33. The standard InChI is InChI=1S/C21H28Cl2O5/c1-4-27-19(24)21(20(25)28-5-2,15-8-6-7-9-15)11-10-14-12-16(22)18(23)17(13-14)26-3/h12-13,15H,4-11H2,1-3H3. The van der Waals surface area contributed by atoms with Gasteiger partial charge in [-0.05, 0) is 63.1 Å². The van der Waals surface area contributed by atoms with Gasteiger partial charge in [-0.1, -0.05) is 36.0 Å². The number of benzene rings is 1. The Bertz CT molecular complexity index is 680. The molecule has 7 heteroatoms. The molecule has 0 aliphatic heterocycles. The molecule has 0 spiro atoms. The van der Waals surface area contributed by atoms with Crippen molar-refractivity contribution in [2.45, 2.75) is 52.4 Å². The Hall–Kier alpha value is -1.46. The molecule has 0 amide bonds. The van der Waals surface area contributed by atoms with Crippen LogP contribution in [0.15, 0.2) is 12.1 Å². The summed E-state index contributed by atoms with van der Waals surface area (Å²) in [6, 6.07) is 3.52. The van der Waals surface area contributed by atoms with Crippen LogP contribution < -0.4 is 4.74 Å². The summed E-state index contributed by atoms with van der Waals surface area (Å²) in [5, 5.41) is 0.709. The van der Waals surface area contributed by atoms with Crippen LogP contribution in [0.4, 0.5) is 0 Å². The highest BCUT2D eigenvalue weighted by Crippen LogP contribution is 2.46. The van der Waals surface area contributed by atoms with E-state index in [1.165, 1.54) is 7.11 Å². The lowest BCUT2D eigenvalue weighted by Gasteiger charge is -2.34. The number of carbonyl (C=O) groups is 2. The quantitative estimate of drug-likeness (QED) is 0.396. The Balaban J connectivity index is 2.39. The first-order valence-electron chi connectivity index (χ1n) is 9.77. The highest BCUT2D eigenvalue weighted by molar-refractivity contribution is 6.43. The van der Waals surface area contributed by atoms with Crippen LogP contribution in [-0.2, 0) is 25.5 Å². The van der Waals surface area contributed by atoms with E-state index in [-0.39, 0.29) is 25.6 Å². The Morgan fingerprint density at radius 3 is 2.14 bits per heavy atom. The second-order valence-electron chi connectivity index (χ2n) is 6.99. The summed E-state index contributed by atoms with van der Waals surface area (Å²) in [6.45, 7) is 3.92. The van der Waals surface area contributed by atoms with E-state index >= 15 is 0 Å². The Morgan fingerprint density at radius 2 is 1.64 bits per heavy atom. The van der Waals surface area contributed by atoms with E-state index in [0.29, 0.717) is 22.2 Å². The molecule has 28 heavy (non-hydrogen) atoms. The molecule has 1 saturated carbocycles. The largest absolute Gasteiger partial charge is 0.495 e. The third-order valence-corrected chi connectivity index (χ3v) is 6.20. The average molecular weight is 431 g/mol. The summed E-state index contributed by atoms with van der Waals surface area (Å²) in [5.41, 5.74) is -0.468. The highest BCUT2D eigenvalue weighted by atomic mass is 35.5. The molecule has 0 unspecified atom stereocenters. The third-order valence-electron chi connectivity index (χ3n) is 5.41. The van der Waals surface area contributed by atoms with Crippen molar-refractivity contribution in [2.24, 2.45) is 11.3 Å². The predicted molar refractivity (Wildman–Crippen MR) is 109 cm³/mol. The van der Waals surface area contributed by atoms with Gasteiger partial charge in [-0.3, -0.25) is 9.59 Å². The van der Waals surface area contributed by atoms with E-state index in [0.717, 1.165) is 31.2 Å². The first-order valence-corrected chi connectivity index (χ1v) is 10.5. The number of hydrogen-bond acceptors (Lipinski definition) is 5. The molecule has 0 saturated heterocycles. The zero-order valence-corrected chi connectivity index (χ0v) is 18.2. The van der Waals surface area contributed by atoms with Crippen molar-refractivity contribution in [3.05, 3.63) is 27.7 Å². The van der Waals surface area contributed by atoms with Gasteiger partial charge >= 0.3 is 11.9 Å². The molecule has 0 aromatic heterocycles. The molecule has 1 aliphatic carbocycles.